The summed E-state index contributed by atoms with van der Waals surface area (Å²) < 4.78 is 2.42. The van der Waals surface area contributed by atoms with E-state index in [4.69, 9.17) is 4.98 Å². The van der Waals surface area contributed by atoms with Crippen molar-refractivity contribution >= 4 is 22.9 Å². The van der Waals surface area contributed by atoms with Gasteiger partial charge in [0, 0.05) is 24.1 Å². The maximum atomic E-state index is 13.2. The predicted molar refractivity (Wildman–Crippen MR) is 140 cm³/mol. The number of nitrogens with zero attached hydrogens (tertiary/aromatic N) is 2. The average Bonchev–Trinajstić information content (AvgIpc) is 3.48. The van der Waals surface area contributed by atoms with E-state index in [1.165, 1.54) is 44.9 Å². The first-order valence-corrected chi connectivity index (χ1v) is 14.0. The number of amides is 1. The minimum Gasteiger partial charge on any atom is -0.481 e. The van der Waals surface area contributed by atoms with Crippen LogP contribution < -0.4 is 5.32 Å². The highest BCUT2D eigenvalue weighted by Gasteiger charge is 2.25. The molecule has 2 aromatic rings. The Kier molecular flexibility index (Phi) is 8.85. The van der Waals surface area contributed by atoms with Crippen molar-refractivity contribution in [3.05, 3.63) is 29.6 Å². The van der Waals surface area contributed by atoms with E-state index >= 15 is 0 Å². The molecule has 1 aromatic carbocycles. The molecule has 2 N–H and O–H groups in total. The van der Waals surface area contributed by atoms with E-state index in [0.717, 1.165) is 55.4 Å². The number of carbonyl (C=O) groups is 2. The monoisotopic (exact) mass is 481 g/mol. The van der Waals surface area contributed by atoms with Crippen molar-refractivity contribution in [1.82, 2.24) is 14.9 Å². The Morgan fingerprint density at radius 1 is 1.03 bits per heavy atom. The fourth-order valence-corrected chi connectivity index (χ4v) is 6.47. The Morgan fingerprint density at radius 2 is 1.69 bits per heavy atom. The van der Waals surface area contributed by atoms with Gasteiger partial charge in [0.2, 0.25) is 0 Å². The fraction of sp³-hybridized carbons (Fsp3) is 0.690. The van der Waals surface area contributed by atoms with Gasteiger partial charge in [0.25, 0.3) is 5.91 Å². The number of carboxylic acids is 1. The molecule has 1 heterocycles. The summed E-state index contributed by atoms with van der Waals surface area (Å²) >= 11 is 0. The zero-order valence-corrected chi connectivity index (χ0v) is 21.6. The fourth-order valence-electron chi connectivity index (χ4n) is 6.47. The second kappa shape index (κ2) is 12.0. The van der Waals surface area contributed by atoms with Crippen LogP contribution in [0.5, 0.6) is 0 Å². The molecule has 0 spiro atoms. The van der Waals surface area contributed by atoms with Gasteiger partial charge >= 0.3 is 5.97 Å². The molecule has 6 heteroatoms. The molecule has 6 nitrogen and oxygen atoms in total. The summed E-state index contributed by atoms with van der Waals surface area (Å²) in [5.41, 5.74) is 2.55. The minimum atomic E-state index is -0.859. The molecule has 4 rings (SSSR count). The van der Waals surface area contributed by atoms with Crippen LogP contribution >= 0.6 is 0 Å². The normalized spacial score (nSPS) is 18.4. The van der Waals surface area contributed by atoms with Gasteiger partial charge in [-0.2, -0.15) is 0 Å². The SMILES string of the molecule is CCC(CC)n1c(CC2CCCC2)nc2cc(C(=O)NC(CC(=O)O)CC3CCCCC3)ccc21. The molecular formula is C29H43N3O3. The van der Waals surface area contributed by atoms with Crippen molar-refractivity contribution in [2.24, 2.45) is 11.8 Å². The van der Waals surface area contributed by atoms with Crippen LogP contribution in [0.1, 0.15) is 120 Å². The summed E-state index contributed by atoms with van der Waals surface area (Å²) in [7, 11) is 0. The quantitative estimate of drug-likeness (QED) is 0.375. The van der Waals surface area contributed by atoms with E-state index in [0.29, 0.717) is 23.4 Å². The minimum absolute atomic E-state index is 0.0284. The number of rotatable bonds is 11. The summed E-state index contributed by atoms with van der Waals surface area (Å²) in [6.07, 6.45) is 15.0. The van der Waals surface area contributed by atoms with E-state index in [2.05, 4.69) is 23.7 Å². The highest BCUT2D eigenvalue weighted by Crippen LogP contribution is 2.32. The van der Waals surface area contributed by atoms with Gasteiger partial charge in [-0.15, -0.1) is 0 Å². The number of hydrogen-bond acceptors (Lipinski definition) is 3. The highest BCUT2D eigenvalue weighted by atomic mass is 16.4. The number of aliphatic carboxylic acids is 1. The number of fused-ring (bicyclic) bond motifs is 1. The van der Waals surface area contributed by atoms with Crippen LogP contribution in [0.2, 0.25) is 0 Å². The van der Waals surface area contributed by atoms with E-state index in [9.17, 15) is 14.7 Å². The molecule has 2 aliphatic carbocycles. The average molecular weight is 482 g/mol. The summed E-state index contributed by atoms with van der Waals surface area (Å²) in [6, 6.07) is 5.90. The van der Waals surface area contributed by atoms with Crippen molar-refractivity contribution in [2.75, 3.05) is 0 Å². The second-order valence-electron chi connectivity index (χ2n) is 10.9. The van der Waals surface area contributed by atoms with E-state index in [1.54, 1.807) is 0 Å². The molecular weight excluding hydrogens is 438 g/mol. The lowest BCUT2D eigenvalue weighted by Crippen LogP contribution is -2.38. The number of aromatic nitrogens is 2. The van der Waals surface area contributed by atoms with Crippen LogP contribution in [0.15, 0.2) is 18.2 Å². The molecule has 1 amide bonds. The van der Waals surface area contributed by atoms with E-state index in [1.807, 2.05) is 18.2 Å². The summed E-state index contributed by atoms with van der Waals surface area (Å²) in [5.74, 6) is 1.31. The molecule has 0 radical (unpaired) electrons. The third-order valence-corrected chi connectivity index (χ3v) is 8.38. The maximum absolute atomic E-state index is 13.2. The lowest BCUT2D eigenvalue weighted by atomic mass is 9.84. The van der Waals surface area contributed by atoms with Crippen molar-refractivity contribution in [3.8, 4) is 0 Å². The Bertz CT molecular complexity index is 998. The molecule has 0 saturated heterocycles. The van der Waals surface area contributed by atoms with Gasteiger partial charge in [-0.3, -0.25) is 9.59 Å². The van der Waals surface area contributed by atoms with Gasteiger partial charge in [-0.05, 0) is 49.3 Å². The van der Waals surface area contributed by atoms with Gasteiger partial charge < -0.3 is 15.0 Å². The van der Waals surface area contributed by atoms with Crippen molar-refractivity contribution in [3.63, 3.8) is 0 Å². The number of benzene rings is 1. The van der Waals surface area contributed by atoms with Crippen LogP contribution in [-0.4, -0.2) is 32.6 Å². The zero-order chi connectivity index (χ0) is 24.8. The van der Waals surface area contributed by atoms with Gasteiger partial charge in [-0.1, -0.05) is 71.6 Å². The second-order valence-corrected chi connectivity index (χ2v) is 10.9. The van der Waals surface area contributed by atoms with Crippen LogP contribution in [0.25, 0.3) is 11.0 Å². The Balaban J connectivity index is 1.55. The topological polar surface area (TPSA) is 84.2 Å². The largest absolute Gasteiger partial charge is 0.481 e. The van der Waals surface area contributed by atoms with E-state index < -0.39 is 5.97 Å². The molecule has 192 valence electrons. The van der Waals surface area contributed by atoms with Crippen molar-refractivity contribution in [1.29, 1.82) is 0 Å². The van der Waals surface area contributed by atoms with Crippen LogP contribution in [0, 0.1) is 11.8 Å². The highest BCUT2D eigenvalue weighted by molar-refractivity contribution is 5.97. The van der Waals surface area contributed by atoms with Crippen molar-refractivity contribution in [2.45, 2.75) is 116 Å². The Hall–Kier alpha value is -2.37. The molecule has 1 atom stereocenters. The molecule has 2 fully saturated rings. The van der Waals surface area contributed by atoms with Gasteiger partial charge in [0.1, 0.15) is 5.82 Å². The lowest BCUT2D eigenvalue weighted by molar-refractivity contribution is -0.137. The Labute approximate surface area is 209 Å². The lowest BCUT2D eigenvalue weighted by Gasteiger charge is -2.26. The first-order valence-electron chi connectivity index (χ1n) is 14.0. The standard InChI is InChI=1S/C29H43N3O3/c1-3-24(4-2)32-26-15-14-22(18-25(26)31-27(32)17-21-12-8-9-13-21)29(35)30-23(19-28(33)34)16-20-10-6-5-7-11-20/h14-15,18,20-21,23-24H,3-13,16-17,19H2,1-2H3,(H,30,35)(H,33,34). The molecule has 0 aliphatic heterocycles. The third kappa shape index (κ3) is 6.45. The van der Waals surface area contributed by atoms with Crippen LogP contribution in [0.4, 0.5) is 0 Å². The zero-order valence-electron chi connectivity index (χ0n) is 21.6. The summed E-state index contributed by atoms with van der Waals surface area (Å²) in [4.78, 5) is 29.7. The molecule has 1 unspecified atom stereocenters. The smallest absolute Gasteiger partial charge is 0.305 e. The third-order valence-electron chi connectivity index (χ3n) is 8.38. The van der Waals surface area contributed by atoms with Gasteiger partial charge in [0.15, 0.2) is 0 Å². The molecule has 1 aromatic heterocycles. The number of hydrogen-bond donors (Lipinski definition) is 2. The Morgan fingerprint density at radius 3 is 2.34 bits per heavy atom. The number of imidazole rings is 1. The van der Waals surface area contributed by atoms with Gasteiger partial charge in [-0.25, -0.2) is 4.98 Å². The molecule has 2 aliphatic rings. The predicted octanol–water partition coefficient (Wildman–Crippen LogP) is 6.67. The molecule has 35 heavy (non-hydrogen) atoms. The maximum Gasteiger partial charge on any atom is 0.305 e. The summed E-state index contributed by atoms with van der Waals surface area (Å²) in [5, 5.41) is 12.5. The van der Waals surface area contributed by atoms with Crippen LogP contribution in [-0.2, 0) is 11.2 Å². The van der Waals surface area contributed by atoms with E-state index in [-0.39, 0.29) is 18.4 Å². The molecule has 0 bridgehead atoms. The van der Waals surface area contributed by atoms with Crippen molar-refractivity contribution < 1.29 is 14.7 Å². The summed E-state index contributed by atoms with van der Waals surface area (Å²) in [6.45, 7) is 4.46. The first-order chi connectivity index (χ1) is 17.0. The van der Waals surface area contributed by atoms with Gasteiger partial charge in [0.05, 0.1) is 17.5 Å². The number of carboxylic acid groups (broad SMARTS) is 1. The first kappa shape index (κ1) is 25.7. The number of nitrogens with one attached hydrogen (secondary N) is 1. The number of carbonyl (C=O) groups excluding carboxylic acids is 1. The molecule has 2 saturated carbocycles. The van der Waals surface area contributed by atoms with Crippen LogP contribution in [0.3, 0.4) is 0 Å².